The maximum atomic E-state index is 13.7. The Morgan fingerprint density at radius 3 is 2.55 bits per heavy atom. The Hall–Kier alpha value is -3.00. The molecule has 9 heteroatoms. The third-order valence-electron chi connectivity index (χ3n) is 5.92. The average Bonchev–Trinajstić information content (AvgIpc) is 2.75. The van der Waals surface area contributed by atoms with Gasteiger partial charge in [-0.25, -0.2) is 4.79 Å². The molecule has 0 bridgehead atoms. The molecule has 0 saturated carbocycles. The van der Waals surface area contributed by atoms with Crippen LogP contribution in [0, 0.1) is 11.8 Å². The number of aromatic hydroxyl groups is 1. The molecule has 0 saturated heterocycles. The second kappa shape index (κ2) is 9.87. The molecule has 1 aliphatic carbocycles. The van der Waals surface area contributed by atoms with Gasteiger partial charge in [-0.1, -0.05) is 18.5 Å². The lowest BCUT2D eigenvalue weighted by atomic mass is 9.69. The molecule has 3 rings (SSSR count). The Balaban J connectivity index is 2.26. The van der Waals surface area contributed by atoms with Crippen LogP contribution < -0.4 is 10.1 Å². The summed E-state index contributed by atoms with van der Waals surface area (Å²) in [6, 6.07) is 3.04. The number of methoxy groups -OCH3 is 1. The van der Waals surface area contributed by atoms with E-state index in [1.165, 1.54) is 13.2 Å². The zero-order valence-corrected chi connectivity index (χ0v) is 20.0. The van der Waals surface area contributed by atoms with E-state index < -0.39 is 29.6 Å². The molecule has 0 unspecified atom stereocenters. The number of dihydropyridines is 1. The van der Waals surface area contributed by atoms with Gasteiger partial charge in [-0.15, -0.1) is 0 Å². The summed E-state index contributed by atoms with van der Waals surface area (Å²) in [5.41, 5.74) is 2.14. The lowest BCUT2D eigenvalue weighted by Crippen LogP contribution is -2.43. The van der Waals surface area contributed by atoms with Gasteiger partial charge in [-0.05, 0) is 50.8 Å². The molecule has 0 fully saturated rings. The molecule has 33 heavy (non-hydrogen) atoms. The van der Waals surface area contributed by atoms with Gasteiger partial charge in [-0.2, -0.15) is 0 Å². The molecule has 1 aliphatic heterocycles. The van der Waals surface area contributed by atoms with Crippen LogP contribution in [0.2, 0.25) is 5.02 Å². The smallest absolute Gasteiger partial charge is 0.336 e. The molecule has 0 aromatic heterocycles. The Labute approximate surface area is 197 Å². The zero-order chi connectivity index (χ0) is 24.4. The highest BCUT2D eigenvalue weighted by Gasteiger charge is 2.47. The second-order valence-corrected chi connectivity index (χ2v) is 8.45. The third kappa shape index (κ3) is 4.44. The summed E-state index contributed by atoms with van der Waals surface area (Å²) in [5.74, 6) is -3.92. The summed E-state index contributed by atoms with van der Waals surface area (Å²) in [6.07, 6.45) is 0.412. The average molecular weight is 478 g/mol. The number of ether oxygens (including phenoxy) is 3. The summed E-state index contributed by atoms with van der Waals surface area (Å²) >= 11 is 6.28. The van der Waals surface area contributed by atoms with Crippen LogP contribution in [0.1, 0.15) is 45.6 Å². The fraction of sp³-hybridized carbons (Fsp3) is 0.458. The van der Waals surface area contributed by atoms with E-state index in [2.05, 4.69) is 5.32 Å². The maximum Gasteiger partial charge on any atom is 0.336 e. The molecule has 2 N–H and O–H groups in total. The van der Waals surface area contributed by atoms with E-state index in [0.717, 1.165) is 0 Å². The van der Waals surface area contributed by atoms with Gasteiger partial charge in [0.2, 0.25) is 0 Å². The predicted octanol–water partition coefficient (Wildman–Crippen LogP) is 3.62. The van der Waals surface area contributed by atoms with Crippen molar-refractivity contribution < 1.29 is 33.7 Å². The lowest BCUT2D eigenvalue weighted by Gasteiger charge is -2.38. The molecule has 1 heterocycles. The van der Waals surface area contributed by atoms with Crippen LogP contribution in [0.25, 0.3) is 0 Å². The Bertz CT molecular complexity index is 1060. The van der Waals surface area contributed by atoms with E-state index in [1.54, 1.807) is 26.8 Å². The highest BCUT2D eigenvalue weighted by molar-refractivity contribution is 6.32. The lowest BCUT2D eigenvalue weighted by molar-refractivity contribution is -0.151. The molecule has 2 aliphatic rings. The fourth-order valence-electron chi connectivity index (χ4n) is 4.52. The van der Waals surface area contributed by atoms with Crippen molar-refractivity contribution in [3.05, 3.63) is 45.3 Å². The first-order valence-corrected chi connectivity index (χ1v) is 11.2. The number of benzene rings is 1. The van der Waals surface area contributed by atoms with Crippen molar-refractivity contribution in [3.63, 3.8) is 0 Å². The van der Waals surface area contributed by atoms with E-state index in [0.29, 0.717) is 23.4 Å². The minimum absolute atomic E-state index is 0.0126. The number of phenols is 1. The number of nitrogens with one attached hydrogen (secondary N) is 1. The number of rotatable bonds is 6. The minimum Gasteiger partial charge on any atom is -0.503 e. The minimum atomic E-state index is -1.00. The van der Waals surface area contributed by atoms with Crippen LogP contribution in [0.4, 0.5) is 0 Å². The first-order chi connectivity index (χ1) is 15.7. The number of allylic oxidation sites excluding steroid dienone is 3. The van der Waals surface area contributed by atoms with E-state index in [4.69, 9.17) is 25.8 Å². The van der Waals surface area contributed by atoms with Crippen molar-refractivity contribution in [1.82, 2.24) is 5.32 Å². The molecule has 178 valence electrons. The first-order valence-electron chi connectivity index (χ1n) is 10.8. The third-order valence-corrected chi connectivity index (χ3v) is 6.21. The Morgan fingerprint density at radius 2 is 1.94 bits per heavy atom. The number of Topliss-reactive ketones (excluding diaryl/α,β-unsaturated/α-hetero) is 1. The van der Waals surface area contributed by atoms with Gasteiger partial charge in [0.25, 0.3) is 0 Å². The number of esters is 2. The maximum absolute atomic E-state index is 13.7. The van der Waals surface area contributed by atoms with Crippen molar-refractivity contribution >= 4 is 29.3 Å². The van der Waals surface area contributed by atoms with Crippen LogP contribution in [-0.4, -0.2) is 43.2 Å². The van der Waals surface area contributed by atoms with Crippen molar-refractivity contribution in [1.29, 1.82) is 0 Å². The molecule has 1 aromatic carbocycles. The highest BCUT2D eigenvalue weighted by Crippen LogP contribution is 2.48. The van der Waals surface area contributed by atoms with E-state index in [-0.39, 0.29) is 46.8 Å². The standard InChI is InChI=1S/C24H28ClNO7/c1-6-32-16-10-13(9-14(25)21(16)27)19-18(24(30)33-7-2)12(4)26-15-8-11(3)17(23(29)31-5)22(28)20(15)19/h9-11,17,19,26-27H,6-8H2,1-5H3/t11-,17-,19+/m0/s1. The van der Waals surface area contributed by atoms with Crippen molar-refractivity contribution in [2.75, 3.05) is 20.3 Å². The molecular weight excluding hydrogens is 450 g/mol. The zero-order valence-electron chi connectivity index (χ0n) is 19.3. The van der Waals surface area contributed by atoms with Gasteiger partial charge in [0.05, 0.1) is 30.9 Å². The second-order valence-electron chi connectivity index (χ2n) is 8.04. The predicted molar refractivity (Wildman–Crippen MR) is 121 cm³/mol. The number of carbonyl (C=O) groups is 3. The summed E-state index contributed by atoms with van der Waals surface area (Å²) in [5, 5.41) is 13.5. The number of phenolic OH excluding ortho intramolecular Hbond substituents is 1. The van der Waals surface area contributed by atoms with Gasteiger partial charge in [0.1, 0.15) is 5.92 Å². The SMILES string of the molecule is CCOC(=O)C1=C(C)NC2=C(C(=O)[C@@H](C(=O)OC)[C@@H](C)C2)[C@@H]1c1cc(Cl)c(O)c(OCC)c1. The molecule has 0 amide bonds. The molecule has 0 radical (unpaired) electrons. The van der Waals surface area contributed by atoms with Crippen LogP contribution >= 0.6 is 11.6 Å². The number of hydrogen-bond donors (Lipinski definition) is 2. The van der Waals surface area contributed by atoms with Gasteiger partial charge >= 0.3 is 11.9 Å². The van der Waals surface area contributed by atoms with Gasteiger partial charge < -0.3 is 24.6 Å². The monoisotopic (exact) mass is 477 g/mol. The fourth-order valence-corrected chi connectivity index (χ4v) is 4.74. The number of hydrogen-bond acceptors (Lipinski definition) is 8. The quantitative estimate of drug-likeness (QED) is 0.472. The van der Waals surface area contributed by atoms with E-state index >= 15 is 0 Å². The Morgan fingerprint density at radius 1 is 1.24 bits per heavy atom. The van der Waals surface area contributed by atoms with Crippen molar-refractivity contribution in [2.24, 2.45) is 11.8 Å². The molecule has 8 nitrogen and oxygen atoms in total. The van der Waals surface area contributed by atoms with Crippen molar-refractivity contribution in [3.8, 4) is 11.5 Å². The molecule has 0 spiro atoms. The normalized spacial score (nSPS) is 22.5. The summed E-state index contributed by atoms with van der Waals surface area (Å²) in [6.45, 7) is 7.40. The van der Waals surface area contributed by atoms with Gasteiger partial charge in [-0.3, -0.25) is 9.59 Å². The summed E-state index contributed by atoms with van der Waals surface area (Å²) in [4.78, 5) is 39.1. The summed E-state index contributed by atoms with van der Waals surface area (Å²) < 4.78 is 15.7. The highest BCUT2D eigenvalue weighted by atomic mass is 35.5. The Kier molecular flexibility index (Phi) is 7.37. The topological polar surface area (TPSA) is 111 Å². The molecular formula is C24H28ClNO7. The van der Waals surface area contributed by atoms with E-state index in [9.17, 15) is 19.5 Å². The van der Waals surface area contributed by atoms with Crippen LogP contribution in [0.3, 0.4) is 0 Å². The van der Waals surface area contributed by atoms with Crippen LogP contribution in [0.15, 0.2) is 34.7 Å². The molecule has 3 atom stereocenters. The number of halogens is 1. The van der Waals surface area contributed by atoms with Gasteiger partial charge in [0, 0.05) is 22.9 Å². The molecule has 1 aromatic rings. The number of ketones is 1. The largest absolute Gasteiger partial charge is 0.503 e. The summed E-state index contributed by atoms with van der Waals surface area (Å²) in [7, 11) is 1.24. The van der Waals surface area contributed by atoms with Gasteiger partial charge in [0.15, 0.2) is 17.3 Å². The first kappa shape index (κ1) is 24.6. The van der Waals surface area contributed by atoms with Crippen LogP contribution in [0.5, 0.6) is 11.5 Å². The number of carbonyl (C=O) groups excluding carboxylic acids is 3. The van der Waals surface area contributed by atoms with E-state index in [1.807, 2.05) is 6.92 Å². The van der Waals surface area contributed by atoms with Crippen LogP contribution in [-0.2, 0) is 23.9 Å². The van der Waals surface area contributed by atoms with Crippen molar-refractivity contribution in [2.45, 2.75) is 40.0 Å².